The minimum atomic E-state index is 0.632. The summed E-state index contributed by atoms with van der Waals surface area (Å²) >= 11 is 0. The maximum absolute atomic E-state index is 5.54. The SMILES string of the molecule is NCc1ccc(CC2CCOC2)cc1. The van der Waals surface area contributed by atoms with Crippen molar-refractivity contribution in [3.63, 3.8) is 0 Å². The quantitative estimate of drug-likeness (QED) is 0.789. The van der Waals surface area contributed by atoms with Gasteiger partial charge in [-0.05, 0) is 29.9 Å². The Morgan fingerprint density at radius 2 is 1.93 bits per heavy atom. The summed E-state index contributed by atoms with van der Waals surface area (Å²) in [6.45, 7) is 2.50. The van der Waals surface area contributed by atoms with Gasteiger partial charge < -0.3 is 10.5 Å². The van der Waals surface area contributed by atoms with Crippen LogP contribution in [0.2, 0.25) is 0 Å². The van der Waals surface area contributed by atoms with E-state index >= 15 is 0 Å². The summed E-state index contributed by atoms with van der Waals surface area (Å²) in [4.78, 5) is 0. The van der Waals surface area contributed by atoms with E-state index in [9.17, 15) is 0 Å². The van der Waals surface area contributed by atoms with Crippen molar-refractivity contribution in [3.05, 3.63) is 35.4 Å². The molecule has 1 aromatic rings. The van der Waals surface area contributed by atoms with Crippen LogP contribution in [0.4, 0.5) is 0 Å². The molecule has 1 aliphatic heterocycles. The summed E-state index contributed by atoms with van der Waals surface area (Å²) in [5.41, 5.74) is 8.15. The van der Waals surface area contributed by atoms with E-state index in [4.69, 9.17) is 10.5 Å². The Hall–Kier alpha value is -0.860. The second kappa shape index (κ2) is 4.58. The van der Waals surface area contributed by atoms with Crippen molar-refractivity contribution in [2.45, 2.75) is 19.4 Å². The number of rotatable bonds is 3. The molecule has 0 bridgehead atoms. The lowest BCUT2D eigenvalue weighted by Gasteiger charge is -2.07. The molecule has 2 heteroatoms. The van der Waals surface area contributed by atoms with Crippen LogP contribution in [0.3, 0.4) is 0 Å². The minimum Gasteiger partial charge on any atom is -0.381 e. The standard InChI is InChI=1S/C12H17NO/c13-8-11-3-1-10(2-4-11)7-12-5-6-14-9-12/h1-4,12H,5-9,13H2. The van der Waals surface area contributed by atoms with Gasteiger partial charge in [-0.15, -0.1) is 0 Å². The van der Waals surface area contributed by atoms with Crippen molar-refractivity contribution in [2.75, 3.05) is 13.2 Å². The first-order chi connectivity index (χ1) is 6.88. The van der Waals surface area contributed by atoms with E-state index in [1.807, 2.05) is 0 Å². The molecule has 1 saturated heterocycles. The topological polar surface area (TPSA) is 35.2 Å². The molecule has 1 heterocycles. The lowest BCUT2D eigenvalue weighted by Crippen LogP contribution is -2.04. The fourth-order valence-electron chi connectivity index (χ4n) is 1.89. The molecule has 0 aliphatic carbocycles. The van der Waals surface area contributed by atoms with Crippen LogP contribution in [0.15, 0.2) is 24.3 Å². The van der Waals surface area contributed by atoms with E-state index < -0.39 is 0 Å². The van der Waals surface area contributed by atoms with Gasteiger partial charge in [-0.25, -0.2) is 0 Å². The average molecular weight is 191 g/mol. The first-order valence-corrected chi connectivity index (χ1v) is 5.24. The van der Waals surface area contributed by atoms with Crippen LogP contribution in [0.25, 0.3) is 0 Å². The zero-order chi connectivity index (χ0) is 9.80. The zero-order valence-electron chi connectivity index (χ0n) is 8.41. The molecule has 1 atom stereocenters. The van der Waals surface area contributed by atoms with E-state index in [1.165, 1.54) is 17.5 Å². The molecule has 0 aromatic heterocycles. The van der Waals surface area contributed by atoms with E-state index in [0.717, 1.165) is 25.6 Å². The summed E-state index contributed by atoms with van der Waals surface area (Å²) in [7, 11) is 0. The van der Waals surface area contributed by atoms with Gasteiger partial charge in [-0.2, -0.15) is 0 Å². The number of hydrogen-bond donors (Lipinski definition) is 1. The van der Waals surface area contributed by atoms with Gasteiger partial charge in [0.15, 0.2) is 0 Å². The smallest absolute Gasteiger partial charge is 0.0498 e. The van der Waals surface area contributed by atoms with Crippen LogP contribution in [0.5, 0.6) is 0 Å². The minimum absolute atomic E-state index is 0.632. The lowest BCUT2D eigenvalue weighted by atomic mass is 9.98. The van der Waals surface area contributed by atoms with E-state index in [1.54, 1.807) is 0 Å². The molecule has 0 radical (unpaired) electrons. The molecule has 0 amide bonds. The molecule has 1 aliphatic rings. The highest BCUT2D eigenvalue weighted by Crippen LogP contribution is 2.18. The number of nitrogens with two attached hydrogens (primary N) is 1. The van der Waals surface area contributed by atoms with Crippen molar-refractivity contribution in [1.29, 1.82) is 0 Å². The van der Waals surface area contributed by atoms with Crippen molar-refractivity contribution >= 4 is 0 Å². The summed E-state index contributed by atoms with van der Waals surface area (Å²) in [6.07, 6.45) is 2.35. The fourth-order valence-corrected chi connectivity index (χ4v) is 1.89. The normalized spacial score (nSPS) is 21.4. The molecule has 1 aromatic carbocycles. The van der Waals surface area contributed by atoms with Crippen molar-refractivity contribution < 1.29 is 4.74 Å². The molecule has 14 heavy (non-hydrogen) atoms. The Morgan fingerprint density at radius 1 is 1.21 bits per heavy atom. The van der Waals surface area contributed by atoms with Gasteiger partial charge in [-0.3, -0.25) is 0 Å². The average Bonchev–Trinajstić information content (AvgIpc) is 2.72. The third-order valence-electron chi connectivity index (χ3n) is 2.81. The summed E-state index contributed by atoms with van der Waals surface area (Å²) < 4.78 is 5.35. The molecular formula is C12H17NO. The van der Waals surface area contributed by atoms with Gasteiger partial charge in [0.25, 0.3) is 0 Å². The van der Waals surface area contributed by atoms with Crippen molar-refractivity contribution in [2.24, 2.45) is 11.7 Å². The van der Waals surface area contributed by atoms with Crippen molar-refractivity contribution in [1.82, 2.24) is 0 Å². The molecule has 2 rings (SSSR count). The van der Waals surface area contributed by atoms with Gasteiger partial charge in [0.05, 0.1) is 0 Å². The molecule has 2 N–H and O–H groups in total. The van der Waals surface area contributed by atoms with E-state index in [2.05, 4.69) is 24.3 Å². The van der Waals surface area contributed by atoms with Crippen LogP contribution >= 0.6 is 0 Å². The van der Waals surface area contributed by atoms with Gasteiger partial charge in [0, 0.05) is 19.8 Å². The highest BCUT2D eigenvalue weighted by atomic mass is 16.5. The molecule has 1 fully saturated rings. The fraction of sp³-hybridized carbons (Fsp3) is 0.500. The third kappa shape index (κ3) is 2.34. The molecule has 0 spiro atoms. The second-order valence-corrected chi connectivity index (χ2v) is 3.95. The molecule has 76 valence electrons. The summed E-state index contributed by atoms with van der Waals surface area (Å²) in [6, 6.07) is 8.59. The predicted molar refractivity (Wildman–Crippen MR) is 57.0 cm³/mol. The summed E-state index contributed by atoms with van der Waals surface area (Å²) in [5.74, 6) is 0.721. The third-order valence-corrected chi connectivity index (χ3v) is 2.81. The number of hydrogen-bond acceptors (Lipinski definition) is 2. The van der Waals surface area contributed by atoms with Crippen LogP contribution in [0.1, 0.15) is 17.5 Å². The van der Waals surface area contributed by atoms with Gasteiger partial charge >= 0.3 is 0 Å². The van der Waals surface area contributed by atoms with Crippen LogP contribution in [0, 0.1) is 5.92 Å². The van der Waals surface area contributed by atoms with Crippen LogP contribution < -0.4 is 5.73 Å². The monoisotopic (exact) mass is 191 g/mol. The van der Waals surface area contributed by atoms with E-state index in [-0.39, 0.29) is 0 Å². The highest BCUT2D eigenvalue weighted by molar-refractivity contribution is 5.22. The van der Waals surface area contributed by atoms with Crippen LogP contribution in [-0.2, 0) is 17.7 Å². The van der Waals surface area contributed by atoms with Crippen molar-refractivity contribution in [3.8, 4) is 0 Å². The van der Waals surface area contributed by atoms with Crippen LogP contribution in [-0.4, -0.2) is 13.2 Å². The second-order valence-electron chi connectivity index (χ2n) is 3.95. The number of ether oxygens (including phenoxy) is 1. The Morgan fingerprint density at radius 3 is 2.50 bits per heavy atom. The molecule has 1 unspecified atom stereocenters. The Bertz CT molecular complexity index is 275. The largest absolute Gasteiger partial charge is 0.381 e. The first-order valence-electron chi connectivity index (χ1n) is 5.24. The Kier molecular flexibility index (Phi) is 3.17. The zero-order valence-corrected chi connectivity index (χ0v) is 8.41. The number of benzene rings is 1. The maximum Gasteiger partial charge on any atom is 0.0498 e. The Balaban J connectivity index is 1.95. The maximum atomic E-state index is 5.54. The predicted octanol–water partition coefficient (Wildman–Crippen LogP) is 1.72. The molecule has 2 nitrogen and oxygen atoms in total. The Labute approximate surface area is 85.1 Å². The lowest BCUT2D eigenvalue weighted by molar-refractivity contribution is 0.186. The van der Waals surface area contributed by atoms with Gasteiger partial charge in [0.2, 0.25) is 0 Å². The first kappa shape index (κ1) is 9.69. The molecular weight excluding hydrogens is 174 g/mol. The van der Waals surface area contributed by atoms with E-state index in [0.29, 0.717) is 6.54 Å². The summed E-state index contributed by atoms with van der Waals surface area (Å²) in [5, 5.41) is 0. The van der Waals surface area contributed by atoms with Gasteiger partial charge in [0.1, 0.15) is 0 Å². The highest BCUT2D eigenvalue weighted by Gasteiger charge is 2.15. The molecule has 0 saturated carbocycles. The van der Waals surface area contributed by atoms with Gasteiger partial charge in [-0.1, -0.05) is 24.3 Å².